The average molecular weight is 683 g/mol. The van der Waals surface area contributed by atoms with Gasteiger partial charge in [0.05, 0.1) is 30.0 Å². The van der Waals surface area contributed by atoms with Crippen LogP contribution in [0, 0.1) is 3.57 Å². The van der Waals surface area contributed by atoms with Gasteiger partial charge in [0.25, 0.3) is 5.91 Å². The molecule has 212 valence electrons. The number of fused-ring (bicyclic) bond motifs is 1. The third-order valence-electron chi connectivity index (χ3n) is 6.27. The monoisotopic (exact) mass is 683 g/mol. The number of halogens is 4. The molecule has 0 bridgehead atoms. The Hall–Kier alpha value is -4.65. The number of benzene rings is 4. The van der Waals surface area contributed by atoms with Crippen LogP contribution in [0.5, 0.6) is 11.5 Å². The Bertz CT molecular complexity index is 1820. The number of para-hydroxylation sites is 1. The Balaban J connectivity index is 1.34. The smallest absolute Gasteiger partial charge is 0.416 e. The van der Waals surface area contributed by atoms with Gasteiger partial charge in [-0.15, -0.1) is 0 Å². The number of nitrogens with zero attached hydrogens (tertiary/aromatic N) is 1. The zero-order chi connectivity index (χ0) is 29.9. The summed E-state index contributed by atoms with van der Waals surface area (Å²) in [6.45, 7) is 0. The number of methoxy groups -OCH3 is 1. The molecule has 2 N–H and O–H groups in total. The van der Waals surface area contributed by atoms with E-state index in [0.29, 0.717) is 11.3 Å². The molecule has 0 atom stereocenters. The first-order chi connectivity index (χ1) is 20.2. The van der Waals surface area contributed by atoms with Gasteiger partial charge in [0.1, 0.15) is 5.69 Å². The Morgan fingerprint density at radius 2 is 1.69 bits per heavy atom. The van der Waals surface area contributed by atoms with Gasteiger partial charge in [-0.3, -0.25) is 4.79 Å². The highest BCUT2D eigenvalue weighted by Crippen LogP contribution is 2.35. The summed E-state index contributed by atoms with van der Waals surface area (Å²) in [5.74, 6) is -1.28. The van der Waals surface area contributed by atoms with Crippen LogP contribution in [0.2, 0.25) is 0 Å². The van der Waals surface area contributed by atoms with E-state index in [2.05, 4.69) is 38.1 Å². The van der Waals surface area contributed by atoms with Crippen LogP contribution in [0.4, 0.5) is 13.2 Å². The van der Waals surface area contributed by atoms with E-state index in [-0.39, 0.29) is 17.1 Å². The maximum atomic E-state index is 13.2. The van der Waals surface area contributed by atoms with E-state index in [9.17, 15) is 22.8 Å². The van der Waals surface area contributed by atoms with Crippen molar-refractivity contribution in [1.29, 1.82) is 0 Å². The molecule has 42 heavy (non-hydrogen) atoms. The molecule has 5 rings (SSSR count). The minimum absolute atomic E-state index is 0.00118. The topological polar surface area (TPSA) is 92.8 Å². The lowest BCUT2D eigenvalue weighted by molar-refractivity contribution is -0.137. The summed E-state index contributed by atoms with van der Waals surface area (Å²) >= 11 is 2.21. The van der Waals surface area contributed by atoms with Crippen LogP contribution < -0.4 is 14.9 Å². The fourth-order valence-electron chi connectivity index (χ4n) is 4.31. The molecule has 1 aromatic heterocycles. The number of aromatic amines is 1. The molecule has 0 saturated heterocycles. The molecule has 0 aliphatic carbocycles. The fraction of sp³-hybridized carbons (Fsp3) is 0.0645. The number of ether oxygens (including phenoxy) is 2. The minimum atomic E-state index is -4.60. The number of hydrogen-bond donors (Lipinski definition) is 2. The van der Waals surface area contributed by atoms with Crippen LogP contribution in [-0.4, -0.2) is 30.2 Å². The first-order valence-electron chi connectivity index (χ1n) is 12.4. The van der Waals surface area contributed by atoms with Crippen molar-refractivity contribution in [2.45, 2.75) is 6.18 Å². The van der Waals surface area contributed by atoms with E-state index in [4.69, 9.17) is 9.47 Å². The Morgan fingerprint density at radius 1 is 0.929 bits per heavy atom. The van der Waals surface area contributed by atoms with Crippen LogP contribution in [0.3, 0.4) is 0 Å². The SMILES string of the molecule is COc1cc(C=NNC(=O)c2[nH]c3c(I)cccc3c2-c2ccccc2)ccc1OC(=O)c1cccc(C(F)(F)F)c1. The molecule has 11 heteroatoms. The molecule has 0 unspecified atom stereocenters. The molecular formula is C31H21F3IN3O4. The molecule has 4 aromatic carbocycles. The van der Waals surface area contributed by atoms with Crippen LogP contribution >= 0.6 is 22.6 Å². The molecule has 0 aliphatic rings. The lowest BCUT2D eigenvalue weighted by atomic mass is 10.0. The lowest BCUT2D eigenvalue weighted by Crippen LogP contribution is -2.19. The lowest BCUT2D eigenvalue weighted by Gasteiger charge is -2.11. The quantitative estimate of drug-likeness (QED) is 0.0613. The van der Waals surface area contributed by atoms with Crippen molar-refractivity contribution in [3.05, 3.63) is 117 Å². The van der Waals surface area contributed by atoms with Crippen LogP contribution in [0.1, 0.15) is 32.0 Å². The van der Waals surface area contributed by atoms with Gasteiger partial charge < -0.3 is 14.5 Å². The molecule has 0 spiro atoms. The van der Waals surface area contributed by atoms with E-state index >= 15 is 0 Å². The van der Waals surface area contributed by atoms with Crippen molar-refractivity contribution >= 4 is 51.6 Å². The van der Waals surface area contributed by atoms with Gasteiger partial charge in [-0.2, -0.15) is 18.3 Å². The number of rotatable bonds is 7. The molecule has 5 aromatic rings. The summed E-state index contributed by atoms with van der Waals surface area (Å²) in [5, 5.41) is 4.98. The number of amides is 1. The highest BCUT2D eigenvalue weighted by Gasteiger charge is 2.31. The Labute approximate surface area is 251 Å². The summed E-state index contributed by atoms with van der Waals surface area (Å²) in [7, 11) is 1.35. The van der Waals surface area contributed by atoms with E-state index in [0.717, 1.165) is 43.8 Å². The largest absolute Gasteiger partial charge is 0.493 e. The molecule has 1 amide bonds. The number of aromatic nitrogens is 1. The number of hydrogen-bond acceptors (Lipinski definition) is 5. The van der Waals surface area contributed by atoms with Crippen molar-refractivity contribution in [2.75, 3.05) is 7.11 Å². The zero-order valence-corrected chi connectivity index (χ0v) is 24.0. The van der Waals surface area contributed by atoms with Gasteiger partial charge in [-0.1, -0.05) is 48.5 Å². The predicted octanol–water partition coefficient (Wildman–Crippen LogP) is 7.45. The number of carbonyl (C=O) groups excluding carboxylic acids is 2. The second-order valence-corrected chi connectivity index (χ2v) is 10.1. The van der Waals surface area contributed by atoms with E-state index in [1.54, 1.807) is 6.07 Å². The number of esters is 1. The third-order valence-corrected chi connectivity index (χ3v) is 7.17. The third kappa shape index (κ3) is 6.15. The van der Waals surface area contributed by atoms with Gasteiger partial charge in [-0.25, -0.2) is 10.2 Å². The van der Waals surface area contributed by atoms with Gasteiger partial charge in [0.15, 0.2) is 11.5 Å². The van der Waals surface area contributed by atoms with Gasteiger partial charge in [-0.05, 0) is 76.2 Å². The fourth-order valence-corrected chi connectivity index (χ4v) is 4.94. The van der Waals surface area contributed by atoms with Crippen molar-refractivity contribution in [3.8, 4) is 22.6 Å². The summed E-state index contributed by atoms with van der Waals surface area (Å²) < 4.78 is 50.6. The minimum Gasteiger partial charge on any atom is -0.493 e. The molecule has 7 nitrogen and oxygen atoms in total. The van der Waals surface area contributed by atoms with Crippen molar-refractivity contribution < 1.29 is 32.2 Å². The number of H-pyrrole nitrogens is 1. The van der Waals surface area contributed by atoms with Gasteiger partial charge in [0.2, 0.25) is 0 Å². The standard InChI is InChI=1S/C31H21F3IN3O4/c1-41-25-15-18(13-14-24(25)42-30(40)20-9-5-10-21(16-20)31(32,33)34)17-36-38-29(39)28-26(19-7-3-2-4-8-19)22-11-6-12-23(35)27(22)37-28/h2-17,37H,1H3,(H,38,39). The number of hydrazone groups is 1. The van der Waals surface area contributed by atoms with E-state index in [1.807, 2.05) is 48.5 Å². The van der Waals surface area contributed by atoms with E-state index < -0.39 is 23.6 Å². The van der Waals surface area contributed by atoms with Crippen molar-refractivity contribution in [2.24, 2.45) is 5.10 Å². The Kier molecular flexibility index (Phi) is 8.29. The number of carbonyl (C=O) groups is 2. The summed E-state index contributed by atoms with van der Waals surface area (Å²) in [6, 6.07) is 23.8. The molecule has 0 radical (unpaired) electrons. The van der Waals surface area contributed by atoms with Gasteiger partial charge >= 0.3 is 12.1 Å². The highest BCUT2D eigenvalue weighted by atomic mass is 127. The summed E-state index contributed by atoms with van der Waals surface area (Å²) in [6.07, 6.45) is -3.21. The number of nitrogens with one attached hydrogen (secondary N) is 2. The van der Waals surface area contributed by atoms with Crippen molar-refractivity contribution in [3.63, 3.8) is 0 Å². The Morgan fingerprint density at radius 3 is 2.43 bits per heavy atom. The number of alkyl halides is 3. The van der Waals surface area contributed by atoms with Crippen LogP contribution in [-0.2, 0) is 6.18 Å². The van der Waals surface area contributed by atoms with Gasteiger partial charge in [0, 0.05) is 14.5 Å². The molecule has 0 saturated carbocycles. The van der Waals surface area contributed by atoms with Crippen LogP contribution in [0.25, 0.3) is 22.0 Å². The average Bonchev–Trinajstić information content (AvgIpc) is 3.39. The normalized spacial score (nSPS) is 11.5. The molecule has 1 heterocycles. The first kappa shape index (κ1) is 28.9. The second-order valence-electron chi connectivity index (χ2n) is 8.98. The van der Waals surface area contributed by atoms with Crippen LogP contribution in [0.15, 0.2) is 96.1 Å². The van der Waals surface area contributed by atoms with E-state index in [1.165, 1.54) is 31.5 Å². The maximum absolute atomic E-state index is 13.2. The molecular weight excluding hydrogens is 662 g/mol. The second kappa shape index (κ2) is 12.1. The molecule has 0 aliphatic heterocycles. The first-order valence-corrected chi connectivity index (χ1v) is 13.5. The summed E-state index contributed by atoms with van der Waals surface area (Å²) in [4.78, 5) is 29.0. The maximum Gasteiger partial charge on any atom is 0.416 e. The van der Waals surface area contributed by atoms with Crippen molar-refractivity contribution in [1.82, 2.24) is 10.4 Å². The molecule has 0 fully saturated rings. The zero-order valence-electron chi connectivity index (χ0n) is 21.8. The highest BCUT2D eigenvalue weighted by molar-refractivity contribution is 14.1. The predicted molar refractivity (Wildman–Crippen MR) is 161 cm³/mol. The summed E-state index contributed by atoms with van der Waals surface area (Å²) in [5.41, 5.74) is 4.64.